The van der Waals surface area contributed by atoms with E-state index in [9.17, 15) is 19.8 Å². The van der Waals surface area contributed by atoms with Crippen LogP contribution < -0.4 is 10.2 Å². The largest absolute Gasteiger partial charge is 2.00 e. The van der Waals surface area contributed by atoms with Crippen LogP contribution in [-0.4, -0.2) is 22.4 Å². The quantitative estimate of drug-likeness (QED) is 0.387. The second kappa shape index (κ2) is 17.8. The van der Waals surface area contributed by atoms with Gasteiger partial charge < -0.3 is 19.8 Å². The van der Waals surface area contributed by atoms with E-state index in [0.717, 1.165) is 0 Å². The number of carboxylic acid groups (broad SMARTS) is 2. The molecule has 0 aromatic carbocycles. The summed E-state index contributed by atoms with van der Waals surface area (Å²) in [5.74, 6) is -2.01. The molecule has 0 fully saturated rings. The van der Waals surface area contributed by atoms with Gasteiger partial charge in [-0.2, -0.15) is 0 Å². The first kappa shape index (κ1) is 25.7. The van der Waals surface area contributed by atoms with Crippen LogP contribution in [0.3, 0.4) is 0 Å². The van der Waals surface area contributed by atoms with Gasteiger partial charge >= 0.3 is 16.5 Å². The maximum atomic E-state index is 10.0. The van der Waals surface area contributed by atoms with Gasteiger partial charge in [-0.3, -0.25) is 0 Å². The predicted octanol–water partition coefficient (Wildman–Crippen LogP) is 1.63. The third-order valence-electron chi connectivity index (χ3n) is 1.40. The first-order valence-corrected chi connectivity index (χ1v) is 9.56. The van der Waals surface area contributed by atoms with Crippen LogP contribution in [0.5, 0.6) is 0 Å². The zero-order valence-electron chi connectivity index (χ0n) is 10.9. The van der Waals surface area contributed by atoms with Crippen molar-refractivity contribution in [2.24, 2.45) is 0 Å². The van der Waals surface area contributed by atoms with Crippen molar-refractivity contribution in [3.05, 3.63) is 49.3 Å². The molecular formula is C12H14NiO4S4. The van der Waals surface area contributed by atoms with Gasteiger partial charge in [0.2, 0.25) is 0 Å². The molecule has 2 aliphatic heterocycles. The molecule has 2 aliphatic rings. The van der Waals surface area contributed by atoms with E-state index in [4.69, 9.17) is 0 Å². The molecule has 0 spiro atoms. The molecule has 21 heavy (non-hydrogen) atoms. The van der Waals surface area contributed by atoms with Gasteiger partial charge in [0.15, 0.2) is 0 Å². The third kappa shape index (κ3) is 13.2. The maximum Gasteiger partial charge on any atom is 2.00 e. The van der Waals surface area contributed by atoms with Gasteiger partial charge in [-0.15, -0.1) is 26.3 Å². The van der Waals surface area contributed by atoms with Crippen molar-refractivity contribution in [2.45, 2.75) is 10.5 Å². The minimum Gasteiger partial charge on any atom is -0.549 e. The zero-order valence-corrected chi connectivity index (χ0v) is 15.1. The summed E-state index contributed by atoms with van der Waals surface area (Å²) in [5, 5.41) is 22.7. The molecular weight excluding hydrogens is 395 g/mol. The molecule has 0 saturated heterocycles. The number of rotatable bonds is 2. The van der Waals surface area contributed by atoms with E-state index in [1.807, 2.05) is 0 Å². The summed E-state index contributed by atoms with van der Waals surface area (Å²) in [6.07, 6.45) is 3.23. The summed E-state index contributed by atoms with van der Waals surface area (Å²) < 4.78 is 0. The molecule has 0 amide bonds. The second-order valence-electron chi connectivity index (χ2n) is 2.52. The van der Waals surface area contributed by atoms with Crippen LogP contribution in [0.15, 0.2) is 49.3 Å². The summed E-state index contributed by atoms with van der Waals surface area (Å²) in [5.41, 5.74) is 0. The Balaban J connectivity index is -0.000000240. The molecule has 120 valence electrons. The molecule has 2 atom stereocenters. The van der Waals surface area contributed by atoms with E-state index in [2.05, 4.69) is 26.3 Å². The molecule has 2 unspecified atom stereocenters. The van der Waals surface area contributed by atoms with Gasteiger partial charge in [0.25, 0.3) is 0 Å². The number of hydrogen-bond donors (Lipinski definition) is 0. The fourth-order valence-corrected chi connectivity index (χ4v) is 4.49. The standard InChI is InChI=1S/2C4H4O2S2.2C2H4.Ni/c2*5-4(6)3-1-2-7-8-3;2*1-2;/h2*1-3H,(H,5,6);2*1-2H2;/q;;;;+2/p-2. The summed E-state index contributed by atoms with van der Waals surface area (Å²) in [7, 11) is 5.44. The smallest absolute Gasteiger partial charge is 0.549 e. The van der Waals surface area contributed by atoms with Crippen molar-refractivity contribution in [1.82, 2.24) is 0 Å². The Morgan fingerprint density at radius 1 is 0.810 bits per heavy atom. The van der Waals surface area contributed by atoms with E-state index in [0.29, 0.717) is 0 Å². The summed E-state index contributed by atoms with van der Waals surface area (Å²) in [4.78, 5) is 20.0. The Bertz CT molecular complexity index is 329. The molecule has 0 N–H and O–H groups in total. The summed E-state index contributed by atoms with van der Waals surface area (Å²) >= 11 is 0. The Morgan fingerprint density at radius 2 is 1.10 bits per heavy atom. The predicted molar refractivity (Wildman–Crippen MR) is 88.7 cm³/mol. The van der Waals surface area contributed by atoms with E-state index in [1.165, 1.54) is 43.2 Å². The minimum atomic E-state index is -1.00. The van der Waals surface area contributed by atoms with Crippen molar-refractivity contribution in [3.8, 4) is 0 Å². The van der Waals surface area contributed by atoms with Crippen LogP contribution in [0, 0.1) is 0 Å². The Hall–Kier alpha value is -0.206. The van der Waals surface area contributed by atoms with Gasteiger partial charge in [-0.1, -0.05) is 55.3 Å². The van der Waals surface area contributed by atoms with Crippen LogP contribution in [0.1, 0.15) is 0 Å². The van der Waals surface area contributed by atoms with E-state index in [-0.39, 0.29) is 16.5 Å². The van der Waals surface area contributed by atoms with Crippen molar-refractivity contribution in [1.29, 1.82) is 0 Å². The number of aliphatic carboxylic acids is 2. The van der Waals surface area contributed by atoms with E-state index < -0.39 is 22.4 Å². The Morgan fingerprint density at radius 3 is 1.19 bits per heavy atom. The molecule has 0 radical (unpaired) electrons. The fraction of sp³-hybridized carbons (Fsp3) is 0.167. The average Bonchev–Trinajstić information content (AvgIpc) is 3.17. The second-order valence-corrected chi connectivity index (χ2v) is 7.16. The third-order valence-corrected chi connectivity index (χ3v) is 5.85. The Labute approximate surface area is 150 Å². The summed E-state index contributed by atoms with van der Waals surface area (Å²) in [6, 6.07) is 0. The first-order chi connectivity index (χ1) is 9.61. The monoisotopic (exact) mass is 408 g/mol. The SMILES string of the molecule is C=C.C=C.O=C([O-])C1C=CSS1.O=C([O-])C1C=CSS1.[Ni+2]. The van der Waals surface area contributed by atoms with Crippen molar-refractivity contribution in [3.63, 3.8) is 0 Å². The molecule has 4 nitrogen and oxygen atoms in total. The fourth-order valence-electron chi connectivity index (χ4n) is 0.691. The zero-order chi connectivity index (χ0) is 16.0. The molecule has 0 saturated carbocycles. The number of carbonyl (C=O) groups is 2. The molecule has 0 aromatic heterocycles. The topological polar surface area (TPSA) is 80.3 Å². The number of carbonyl (C=O) groups excluding carboxylic acids is 2. The van der Waals surface area contributed by atoms with Crippen LogP contribution >= 0.6 is 43.2 Å². The summed E-state index contributed by atoms with van der Waals surface area (Å²) in [6.45, 7) is 12.0. The van der Waals surface area contributed by atoms with Gasteiger partial charge in [0.1, 0.15) is 0 Å². The molecule has 0 bridgehead atoms. The molecule has 0 aliphatic carbocycles. The van der Waals surface area contributed by atoms with Gasteiger partial charge in [0.05, 0.1) is 22.4 Å². The number of carboxylic acids is 2. The Kier molecular flexibility index (Phi) is 21.9. The van der Waals surface area contributed by atoms with Crippen LogP contribution in [0.25, 0.3) is 0 Å². The van der Waals surface area contributed by atoms with E-state index >= 15 is 0 Å². The van der Waals surface area contributed by atoms with Crippen molar-refractivity contribution in [2.75, 3.05) is 0 Å². The number of hydrogen-bond acceptors (Lipinski definition) is 8. The van der Waals surface area contributed by atoms with Gasteiger partial charge in [-0.05, 0) is 10.8 Å². The van der Waals surface area contributed by atoms with Crippen LogP contribution in [0.4, 0.5) is 0 Å². The molecule has 9 heteroatoms. The van der Waals surface area contributed by atoms with E-state index in [1.54, 1.807) is 23.0 Å². The van der Waals surface area contributed by atoms with Crippen LogP contribution in [0.2, 0.25) is 0 Å². The average molecular weight is 409 g/mol. The van der Waals surface area contributed by atoms with Gasteiger partial charge in [0, 0.05) is 0 Å². The van der Waals surface area contributed by atoms with Crippen molar-refractivity contribution < 1.29 is 36.3 Å². The maximum absolute atomic E-state index is 10.0. The molecule has 0 aromatic rings. The van der Waals surface area contributed by atoms with Crippen molar-refractivity contribution >= 4 is 55.1 Å². The van der Waals surface area contributed by atoms with Gasteiger partial charge in [-0.25, -0.2) is 0 Å². The van der Waals surface area contributed by atoms with Crippen LogP contribution in [-0.2, 0) is 26.1 Å². The molecule has 2 heterocycles. The minimum absolute atomic E-state index is 0. The first-order valence-electron chi connectivity index (χ1n) is 5.00. The normalized spacial score (nSPS) is 20.4. The molecule has 2 rings (SSSR count).